The number of carbonyl (C=O) groups is 1. The number of esters is 1. The summed E-state index contributed by atoms with van der Waals surface area (Å²) < 4.78 is 5.29. The number of ether oxygens (including phenoxy) is 1. The van der Waals surface area contributed by atoms with Crippen LogP contribution < -0.4 is 5.32 Å². The van der Waals surface area contributed by atoms with E-state index in [0.717, 1.165) is 11.3 Å². The quantitative estimate of drug-likeness (QED) is 0.718. The number of hydrogen-bond donors (Lipinski definition) is 1. The first-order valence-electron chi connectivity index (χ1n) is 5.24. The van der Waals surface area contributed by atoms with Crippen LogP contribution >= 0.6 is 0 Å². The molecule has 1 aromatic heterocycles. The Balaban J connectivity index is 2.28. The van der Waals surface area contributed by atoms with Gasteiger partial charge in [0.15, 0.2) is 5.69 Å². The average molecular weight is 221 g/mol. The Morgan fingerprint density at radius 1 is 1.38 bits per heavy atom. The summed E-state index contributed by atoms with van der Waals surface area (Å²) in [5.74, 6) is -0.380. The molecule has 0 saturated heterocycles. The fourth-order valence-corrected chi connectivity index (χ4v) is 1.60. The lowest BCUT2D eigenvalue weighted by Gasteiger charge is -2.19. The highest BCUT2D eigenvalue weighted by atomic mass is 16.6. The monoisotopic (exact) mass is 221 g/mol. The molecule has 1 aromatic rings. The molecule has 1 N–H and O–H groups in total. The zero-order valence-electron chi connectivity index (χ0n) is 9.70. The molecule has 0 fully saturated rings. The summed E-state index contributed by atoms with van der Waals surface area (Å²) in [5.41, 5.74) is 1.62. The molecule has 0 bridgehead atoms. The second-order valence-electron chi connectivity index (χ2n) is 4.75. The summed E-state index contributed by atoms with van der Waals surface area (Å²) >= 11 is 0. The molecule has 16 heavy (non-hydrogen) atoms. The average Bonchev–Trinajstić information content (AvgIpc) is 2.61. The summed E-state index contributed by atoms with van der Waals surface area (Å²) in [4.78, 5) is 20.0. The Kier molecular flexibility index (Phi) is 2.63. The lowest BCUT2D eigenvalue weighted by atomic mass is 10.1. The molecule has 1 aliphatic heterocycles. The van der Waals surface area contributed by atoms with Crippen LogP contribution in [0.4, 0.5) is 0 Å². The molecular formula is C11H15N3O2. The molecule has 0 saturated carbocycles. The van der Waals surface area contributed by atoms with Crippen molar-refractivity contribution in [1.29, 1.82) is 0 Å². The molecule has 0 unspecified atom stereocenters. The van der Waals surface area contributed by atoms with Crippen molar-refractivity contribution < 1.29 is 9.53 Å². The van der Waals surface area contributed by atoms with Crippen molar-refractivity contribution in [1.82, 2.24) is 15.3 Å². The molecule has 2 rings (SSSR count). The van der Waals surface area contributed by atoms with E-state index < -0.39 is 5.60 Å². The molecule has 0 atom stereocenters. The van der Waals surface area contributed by atoms with Gasteiger partial charge in [-0.05, 0) is 20.8 Å². The molecule has 5 heteroatoms. The van der Waals surface area contributed by atoms with Crippen molar-refractivity contribution in [2.45, 2.75) is 39.5 Å². The minimum absolute atomic E-state index is 0.380. The third kappa shape index (κ3) is 2.19. The van der Waals surface area contributed by atoms with Crippen molar-refractivity contribution >= 4 is 5.97 Å². The van der Waals surface area contributed by atoms with Crippen LogP contribution in [-0.4, -0.2) is 21.5 Å². The number of fused-ring (bicyclic) bond motifs is 1. The molecule has 86 valence electrons. The van der Waals surface area contributed by atoms with E-state index in [4.69, 9.17) is 4.74 Å². The van der Waals surface area contributed by atoms with Crippen LogP contribution in [0.2, 0.25) is 0 Å². The van der Waals surface area contributed by atoms with Crippen LogP contribution in [0.15, 0.2) is 6.33 Å². The maximum absolute atomic E-state index is 11.9. The van der Waals surface area contributed by atoms with Gasteiger partial charge in [-0.2, -0.15) is 0 Å². The van der Waals surface area contributed by atoms with Gasteiger partial charge in [-0.1, -0.05) is 0 Å². The van der Waals surface area contributed by atoms with Crippen LogP contribution in [0.5, 0.6) is 0 Å². The van der Waals surface area contributed by atoms with Crippen molar-refractivity contribution in [3.8, 4) is 0 Å². The Morgan fingerprint density at radius 3 is 2.81 bits per heavy atom. The normalized spacial score (nSPS) is 14.7. The molecule has 0 radical (unpaired) electrons. The standard InChI is InChI=1S/C11H15N3O2/c1-11(2,3)16-10(15)9-7-4-12-5-8(7)13-6-14-9/h6,12H,4-5H2,1-3H3. The van der Waals surface area contributed by atoms with E-state index in [1.165, 1.54) is 6.33 Å². The Hall–Kier alpha value is -1.49. The fraction of sp³-hybridized carbons (Fsp3) is 0.545. The molecule has 1 aliphatic rings. The zero-order valence-corrected chi connectivity index (χ0v) is 9.70. The highest BCUT2D eigenvalue weighted by Crippen LogP contribution is 2.18. The topological polar surface area (TPSA) is 64.1 Å². The second kappa shape index (κ2) is 3.83. The van der Waals surface area contributed by atoms with Gasteiger partial charge < -0.3 is 10.1 Å². The number of nitrogens with one attached hydrogen (secondary N) is 1. The number of rotatable bonds is 1. The van der Waals surface area contributed by atoms with Gasteiger partial charge in [-0.3, -0.25) is 0 Å². The molecule has 0 spiro atoms. The zero-order chi connectivity index (χ0) is 11.8. The van der Waals surface area contributed by atoms with E-state index in [1.54, 1.807) is 0 Å². The van der Waals surface area contributed by atoms with Gasteiger partial charge in [0.25, 0.3) is 0 Å². The predicted molar refractivity (Wildman–Crippen MR) is 57.7 cm³/mol. The highest BCUT2D eigenvalue weighted by Gasteiger charge is 2.25. The van der Waals surface area contributed by atoms with E-state index in [2.05, 4.69) is 15.3 Å². The van der Waals surface area contributed by atoms with Crippen LogP contribution in [0.1, 0.15) is 42.5 Å². The molecule has 5 nitrogen and oxygen atoms in total. The second-order valence-corrected chi connectivity index (χ2v) is 4.75. The fourth-order valence-electron chi connectivity index (χ4n) is 1.60. The Bertz CT molecular complexity index is 424. The highest BCUT2D eigenvalue weighted by molar-refractivity contribution is 5.89. The van der Waals surface area contributed by atoms with E-state index in [1.807, 2.05) is 20.8 Å². The Morgan fingerprint density at radius 2 is 2.12 bits per heavy atom. The van der Waals surface area contributed by atoms with Gasteiger partial charge in [0.05, 0.1) is 5.69 Å². The number of hydrogen-bond acceptors (Lipinski definition) is 5. The van der Waals surface area contributed by atoms with Crippen molar-refractivity contribution in [3.05, 3.63) is 23.3 Å². The van der Waals surface area contributed by atoms with Crippen LogP contribution in [0.3, 0.4) is 0 Å². The minimum Gasteiger partial charge on any atom is -0.455 e. The van der Waals surface area contributed by atoms with Crippen LogP contribution in [0, 0.1) is 0 Å². The minimum atomic E-state index is -0.499. The molecule has 0 amide bonds. The smallest absolute Gasteiger partial charge is 0.357 e. The summed E-state index contributed by atoms with van der Waals surface area (Å²) in [6.45, 7) is 6.83. The lowest BCUT2D eigenvalue weighted by Crippen LogP contribution is -2.25. The summed E-state index contributed by atoms with van der Waals surface area (Å²) in [6, 6.07) is 0. The first-order valence-corrected chi connectivity index (χ1v) is 5.24. The lowest BCUT2D eigenvalue weighted by molar-refractivity contribution is 0.00613. The van der Waals surface area contributed by atoms with E-state index in [9.17, 15) is 4.79 Å². The SMILES string of the molecule is CC(C)(C)OC(=O)c1ncnc2c1CNC2. The van der Waals surface area contributed by atoms with Crippen molar-refractivity contribution in [3.63, 3.8) is 0 Å². The number of carbonyl (C=O) groups excluding carboxylic acids is 1. The third-order valence-electron chi connectivity index (χ3n) is 2.22. The van der Waals surface area contributed by atoms with Crippen LogP contribution in [-0.2, 0) is 17.8 Å². The summed E-state index contributed by atoms with van der Waals surface area (Å²) in [6.07, 6.45) is 1.41. The molecular weight excluding hydrogens is 206 g/mol. The largest absolute Gasteiger partial charge is 0.455 e. The van der Waals surface area contributed by atoms with E-state index in [0.29, 0.717) is 18.8 Å². The van der Waals surface area contributed by atoms with Gasteiger partial charge in [0.2, 0.25) is 0 Å². The third-order valence-corrected chi connectivity index (χ3v) is 2.22. The van der Waals surface area contributed by atoms with E-state index in [-0.39, 0.29) is 5.97 Å². The van der Waals surface area contributed by atoms with Crippen molar-refractivity contribution in [2.24, 2.45) is 0 Å². The van der Waals surface area contributed by atoms with Gasteiger partial charge in [0.1, 0.15) is 11.9 Å². The van der Waals surface area contributed by atoms with Gasteiger partial charge in [-0.25, -0.2) is 14.8 Å². The molecule has 2 heterocycles. The Labute approximate surface area is 94.2 Å². The summed E-state index contributed by atoms with van der Waals surface area (Å²) in [7, 11) is 0. The van der Waals surface area contributed by atoms with Crippen LogP contribution in [0.25, 0.3) is 0 Å². The van der Waals surface area contributed by atoms with Crippen molar-refractivity contribution in [2.75, 3.05) is 0 Å². The number of nitrogens with zero attached hydrogens (tertiary/aromatic N) is 2. The molecule has 0 aliphatic carbocycles. The maximum Gasteiger partial charge on any atom is 0.357 e. The first kappa shape index (κ1) is 11.0. The van der Waals surface area contributed by atoms with E-state index >= 15 is 0 Å². The van der Waals surface area contributed by atoms with Gasteiger partial charge in [-0.15, -0.1) is 0 Å². The first-order chi connectivity index (χ1) is 7.47. The number of aromatic nitrogens is 2. The predicted octanol–water partition coefficient (Wildman–Crippen LogP) is 1.04. The molecule has 0 aromatic carbocycles. The maximum atomic E-state index is 11.9. The van der Waals surface area contributed by atoms with Gasteiger partial charge >= 0.3 is 5.97 Å². The van der Waals surface area contributed by atoms with Gasteiger partial charge in [0, 0.05) is 18.7 Å². The summed E-state index contributed by atoms with van der Waals surface area (Å²) in [5, 5.41) is 3.14.